The van der Waals surface area contributed by atoms with Gasteiger partial charge in [0, 0.05) is 51.5 Å². The molecule has 0 saturated carbocycles. The molecule has 2 amide bonds. The van der Waals surface area contributed by atoms with Crippen LogP contribution < -0.4 is 0 Å². The van der Waals surface area contributed by atoms with E-state index in [0.29, 0.717) is 19.5 Å². The molecular weight excluding hydrogens is 290 g/mol. The third-order valence-electron chi connectivity index (χ3n) is 4.74. The molecule has 1 saturated heterocycles. The number of aryl methyl sites for hydroxylation is 1. The van der Waals surface area contributed by atoms with Gasteiger partial charge < -0.3 is 14.4 Å². The standard InChI is InChI=1S/C18H29N3O2/c1-4-16(5-2)18(23)21-9-6-8-20(11-12-21)17(22)13-15-7-10-19(3)14-15/h7,10,14,16H,4-6,8-9,11-13H2,1-3H3. The molecule has 1 aliphatic rings. The first kappa shape index (κ1) is 17.6. The Hall–Kier alpha value is -1.78. The van der Waals surface area contributed by atoms with Crippen LogP contribution in [-0.2, 0) is 23.1 Å². The maximum atomic E-state index is 12.5. The summed E-state index contributed by atoms with van der Waals surface area (Å²) < 4.78 is 1.96. The molecule has 5 nitrogen and oxygen atoms in total. The number of rotatable bonds is 5. The Balaban J connectivity index is 1.90. The van der Waals surface area contributed by atoms with Crippen molar-refractivity contribution in [2.45, 2.75) is 39.5 Å². The van der Waals surface area contributed by atoms with Gasteiger partial charge in [-0.25, -0.2) is 0 Å². The Morgan fingerprint density at radius 1 is 1.09 bits per heavy atom. The van der Waals surface area contributed by atoms with Crippen molar-refractivity contribution >= 4 is 11.8 Å². The first-order valence-electron chi connectivity index (χ1n) is 8.72. The van der Waals surface area contributed by atoms with E-state index in [2.05, 4.69) is 13.8 Å². The molecule has 1 aromatic rings. The monoisotopic (exact) mass is 319 g/mol. The van der Waals surface area contributed by atoms with Gasteiger partial charge in [-0.05, 0) is 30.9 Å². The second-order valence-electron chi connectivity index (χ2n) is 6.44. The Kier molecular flexibility index (Phi) is 6.25. The fourth-order valence-electron chi connectivity index (χ4n) is 3.24. The molecule has 0 aromatic carbocycles. The molecule has 128 valence electrons. The number of hydrogen-bond donors (Lipinski definition) is 0. The van der Waals surface area contributed by atoms with E-state index in [-0.39, 0.29) is 17.7 Å². The van der Waals surface area contributed by atoms with E-state index in [0.717, 1.165) is 37.9 Å². The van der Waals surface area contributed by atoms with Gasteiger partial charge in [0.2, 0.25) is 11.8 Å². The van der Waals surface area contributed by atoms with Gasteiger partial charge in [0.05, 0.1) is 6.42 Å². The molecule has 1 aliphatic heterocycles. The highest BCUT2D eigenvalue weighted by Crippen LogP contribution is 2.15. The normalized spacial score (nSPS) is 15.8. The number of hydrogen-bond acceptors (Lipinski definition) is 2. The van der Waals surface area contributed by atoms with Gasteiger partial charge in [-0.15, -0.1) is 0 Å². The highest BCUT2D eigenvalue weighted by atomic mass is 16.2. The number of aromatic nitrogens is 1. The number of carbonyl (C=O) groups excluding carboxylic acids is 2. The zero-order valence-corrected chi connectivity index (χ0v) is 14.6. The van der Waals surface area contributed by atoms with E-state index in [4.69, 9.17) is 0 Å². The highest BCUT2D eigenvalue weighted by Gasteiger charge is 2.25. The van der Waals surface area contributed by atoms with E-state index in [1.54, 1.807) is 0 Å². The van der Waals surface area contributed by atoms with E-state index >= 15 is 0 Å². The summed E-state index contributed by atoms with van der Waals surface area (Å²) in [6, 6.07) is 1.98. The summed E-state index contributed by atoms with van der Waals surface area (Å²) in [7, 11) is 1.96. The van der Waals surface area contributed by atoms with Crippen LogP contribution in [-0.4, -0.2) is 52.4 Å². The third-order valence-corrected chi connectivity index (χ3v) is 4.74. The van der Waals surface area contributed by atoms with Crippen molar-refractivity contribution in [3.63, 3.8) is 0 Å². The van der Waals surface area contributed by atoms with Gasteiger partial charge in [-0.3, -0.25) is 9.59 Å². The molecule has 2 heterocycles. The lowest BCUT2D eigenvalue weighted by Crippen LogP contribution is -2.40. The summed E-state index contributed by atoms with van der Waals surface area (Å²) in [5.74, 6) is 0.543. The second-order valence-corrected chi connectivity index (χ2v) is 6.44. The van der Waals surface area contributed by atoms with E-state index < -0.39 is 0 Å². The summed E-state index contributed by atoms with van der Waals surface area (Å²) in [5, 5.41) is 0. The molecule has 0 atom stereocenters. The van der Waals surface area contributed by atoms with Crippen molar-refractivity contribution in [3.05, 3.63) is 24.0 Å². The fourth-order valence-corrected chi connectivity index (χ4v) is 3.24. The van der Waals surface area contributed by atoms with Crippen molar-refractivity contribution in [2.75, 3.05) is 26.2 Å². The Morgan fingerprint density at radius 3 is 2.35 bits per heavy atom. The SMILES string of the molecule is CCC(CC)C(=O)N1CCCN(C(=O)Cc2ccn(C)c2)CC1. The average molecular weight is 319 g/mol. The minimum absolute atomic E-state index is 0.126. The van der Waals surface area contributed by atoms with Crippen LogP contribution in [0.15, 0.2) is 18.5 Å². The van der Waals surface area contributed by atoms with Gasteiger partial charge in [0.15, 0.2) is 0 Å². The summed E-state index contributed by atoms with van der Waals surface area (Å²) in [4.78, 5) is 28.8. The molecule has 0 aliphatic carbocycles. The molecule has 0 N–H and O–H groups in total. The molecular formula is C18H29N3O2. The van der Waals surface area contributed by atoms with Gasteiger partial charge in [0.25, 0.3) is 0 Å². The number of nitrogens with zero attached hydrogens (tertiary/aromatic N) is 3. The lowest BCUT2D eigenvalue weighted by Gasteiger charge is -2.25. The van der Waals surface area contributed by atoms with Crippen LogP contribution in [0.1, 0.15) is 38.7 Å². The molecule has 0 unspecified atom stereocenters. The zero-order chi connectivity index (χ0) is 16.8. The van der Waals surface area contributed by atoms with Crippen molar-refractivity contribution in [2.24, 2.45) is 13.0 Å². The van der Waals surface area contributed by atoms with Crippen LogP contribution in [0.5, 0.6) is 0 Å². The van der Waals surface area contributed by atoms with Crippen LogP contribution in [0.2, 0.25) is 0 Å². The third kappa shape index (κ3) is 4.60. The molecule has 5 heteroatoms. The van der Waals surface area contributed by atoms with Crippen molar-refractivity contribution in [1.82, 2.24) is 14.4 Å². The number of carbonyl (C=O) groups is 2. The van der Waals surface area contributed by atoms with Crippen LogP contribution in [0.4, 0.5) is 0 Å². The van der Waals surface area contributed by atoms with Gasteiger partial charge in [0.1, 0.15) is 0 Å². The predicted octanol–water partition coefficient (Wildman–Crippen LogP) is 2.06. The van der Waals surface area contributed by atoms with Crippen LogP contribution in [0.3, 0.4) is 0 Å². The largest absolute Gasteiger partial charge is 0.357 e. The van der Waals surface area contributed by atoms with Crippen LogP contribution >= 0.6 is 0 Å². The molecule has 1 fully saturated rings. The van der Waals surface area contributed by atoms with Gasteiger partial charge in [-0.2, -0.15) is 0 Å². The second kappa shape index (κ2) is 8.18. The molecule has 2 rings (SSSR count). The summed E-state index contributed by atoms with van der Waals surface area (Å²) in [6.07, 6.45) is 7.04. The Bertz CT molecular complexity index is 534. The first-order chi connectivity index (χ1) is 11.0. The summed E-state index contributed by atoms with van der Waals surface area (Å²) in [6.45, 7) is 6.97. The van der Waals surface area contributed by atoms with Crippen LogP contribution in [0, 0.1) is 5.92 Å². The van der Waals surface area contributed by atoms with Crippen LogP contribution in [0.25, 0.3) is 0 Å². The molecule has 0 spiro atoms. The molecule has 0 radical (unpaired) electrons. The quantitative estimate of drug-likeness (QED) is 0.834. The molecule has 0 bridgehead atoms. The van der Waals surface area contributed by atoms with Gasteiger partial charge in [-0.1, -0.05) is 13.8 Å². The molecule has 23 heavy (non-hydrogen) atoms. The first-order valence-corrected chi connectivity index (χ1v) is 8.72. The fraction of sp³-hybridized carbons (Fsp3) is 0.667. The minimum Gasteiger partial charge on any atom is -0.357 e. The topological polar surface area (TPSA) is 45.6 Å². The van der Waals surface area contributed by atoms with E-state index in [9.17, 15) is 9.59 Å². The minimum atomic E-state index is 0.126. The van der Waals surface area contributed by atoms with Crippen molar-refractivity contribution in [3.8, 4) is 0 Å². The summed E-state index contributed by atoms with van der Waals surface area (Å²) in [5.41, 5.74) is 1.05. The smallest absolute Gasteiger partial charge is 0.227 e. The van der Waals surface area contributed by atoms with Gasteiger partial charge >= 0.3 is 0 Å². The maximum absolute atomic E-state index is 12.5. The van der Waals surface area contributed by atoms with Crippen molar-refractivity contribution in [1.29, 1.82) is 0 Å². The summed E-state index contributed by atoms with van der Waals surface area (Å²) >= 11 is 0. The average Bonchev–Trinajstić information content (AvgIpc) is 2.80. The number of amides is 2. The van der Waals surface area contributed by atoms with Crippen molar-refractivity contribution < 1.29 is 9.59 Å². The highest BCUT2D eigenvalue weighted by molar-refractivity contribution is 5.80. The Labute approximate surface area is 139 Å². The maximum Gasteiger partial charge on any atom is 0.227 e. The lowest BCUT2D eigenvalue weighted by molar-refractivity contribution is -0.136. The predicted molar refractivity (Wildman–Crippen MR) is 91.0 cm³/mol. The lowest BCUT2D eigenvalue weighted by atomic mass is 10.0. The van der Waals surface area contributed by atoms with E-state index in [1.165, 1.54) is 0 Å². The van der Waals surface area contributed by atoms with E-state index in [1.807, 2.05) is 39.9 Å². The zero-order valence-electron chi connectivity index (χ0n) is 14.6. The molecule has 1 aromatic heterocycles. The Morgan fingerprint density at radius 2 is 1.74 bits per heavy atom.